The van der Waals surface area contributed by atoms with Crippen molar-refractivity contribution in [1.29, 1.82) is 0 Å². The Kier molecular flexibility index (Phi) is 46.4. The lowest BCUT2D eigenvalue weighted by Crippen LogP contribution is -2.30. The van der Waals surface area contributed by atoms with Crippen molar-refractivity contribution in [2.45, 2.75) is 271 Å². The predicted octanol–water partition coefficient (Wildman–Crippen LogP) is 16.5. The van der Waals surface area contributed by atoms with Crippen LogP contribution in [0.3, 0.4) is 0 Å². The molecular weight excluding hydrogens is 733 g/mol. The number of carbonyl (C=O) groups is 3. The molecule has 0 saturated carbocycles. The van der Waals surface area contributed by atoms with Gasteiger partial charge in [0.15, 0.2) is 6.10 Å². The summed E-state index contributed by atoms with van der Waals surface area (Å²) in [6.45, 7) is 6.50. The summed E-state index contributed by atoms with van der Waals surface area (Å²) in [5.41, 5.74) is 0. The second-order valence-electron chi connectivity index (χ2n) is 17.1. The number of ether oxygens (including phenoxy) is 3. The Hall–Kier alpha value is -2.37. The molecule has 0 aromatic heterocycles. The molecule has 6 nitrogen and oxygen atoms in total. The summed E-state index contributed by atoms with van der Waals surface area (Å²) in [6, 6.07) is 0. The zero-order chi connectivity index (χ0) is 43.0. The van der Waals surface area contributed by atoms with Gasteiger partial charge in [-0.1, -0.05) is 224 Å². The lowest BCUT2D eigenvalue weighted by molar-refractivity contribution is -0.167. The van der Waals surface area contributed by atoms with E-state index >= 15 is 0 Å². The monoisotopic (exact) mass is 829 g/mol. The Morgan fingerprint density at radius 3 is 0.949 bits per heavy atom. The maximum Gasteiger partial charge on any atom is 0.306 e. The van der Waals surface area contributed by atoms with Gasteiger partial charge in [-0.25, -0.2) is 0 Å². The maximum absolute atomic E-state index is 12.6. The molecule has 6 heteroatoms. The number of hydrogen-bond acceptors (Lipinski definition) is 6. The summed E-state index contributed by atoms with van der Waals surface area (Å²) in [4.78, 5) is 37.3. The Bertz CT molecular complexity index is 1000. The normalized spacial score (nSPS) is 12.3. The summed E-state index contributed by atoms with van der Waals surface area (Å²) in [5, 5.41) is 0. The Morgan fingerprint density at radius 2 is 0.610 bits per heavy atom. The number of hydrogen-bond donors (Lipinski definition) is 0. The SMILES string of the molecule is CCCCCCC/C=C\C/C=C\C/C=C\CCCCCCCCCCCCCCCCC(=O)OCC(COC(=O)CCCCCCC)OC(=O)CCCCCCCCC. The van der Waals surface area contributed by atoms with Crippen molar-refractivity contribution < 1.29 is 28.6 Å². The van der Waals surface area contributed by atoms with Crippen LogP contribution in [0.15, 0.2) is 36.5 Å². The third-order valence-electron chi connectivity index (χ3n) is 11.1. The van der Waals surface area contributed by atoms with Crippen molar-refractivity contribution in [2.24, 2.45) is 0 Å². The molecule has 1 atom stereocenters. The number of esters is 3. The van der Waals surface area contributed by atoms with E-state index in [2.05, 4.69) is 57.2 Å². The summed E-state index contributed by atoms with van der Waals surface area (Å²) in [5.74, 6) is -0.887. The first-order valence-electron chi connectivity index (χ1n) is 25.5. The van der Waals surface area contributed by atoms with Gasteiger partial charge in [-0.15, -0.1) is 0 Å². The highest BCUT2D eigenvalue weighted by molar-refractivity contribution is 5.71. The highest BCUT2D eigenvalue weighted by Crippen LogP contribution is 2.15. The van der Waals surface area contributed by atoms with Crippen LogP contribution in [0.5, 0.6) is 0 Å². The van der Waals surface area contributed by atoms with Crippen LogP contribution in [0.4, 0.5) is 0 Å². The number of unbranched alkanes of at least 4 members (excludes halogenated alkanes) is 29. The van der Waals surface area contributed by atoms with E-state index in [0.717, 1.165) is 77.0 Å². The van der Waals surface area contributed by atoms with Crippen LogP contribution < -0.4 is 0 Å². The third kappa shape index (κ3) is 46.5. The minimum Gasteiger partial charge on any atom is -0.462 e. The highest BCUT2D eigenvalue weighted by atomic mass is 16.6. The average Bonchev–Trinajstić information content (AvgIpc) is 3.23. The van der Waals surface area contributed by atoms with E-state index in [4.69, 9.17) is 14.2 Å². The van der Waals surface area contributed by atoms with Crippen LogP contribution in [0.25, 0.3) is 0 Å². The van der Waals surface area contributed by atoms with Gasteiger partial charge in [0.1, 0.15) is 13.2 Å². The molecule has 0 heterocycles. The van der Waals surface area contributed by atoms with Crippen LogP contribution in [0, 0.1) is 0 Å². The largest absolute Gasteiger partial charge is 0.462 e. The summed E-state index contributed by atoms with van der Waals surface area (Å²) < 4.78 is 16.5. The zero-order valence-corrected chi connectivity index (χ0v) is 39.3. The molecule has 0 N–H and O–H groups in total. The van der Waals surface area contributed by atoms with Gasteiger partial charge in [0.05, 0.1) is 0 Å². The first-order valence-corrected chi connectivity index (χ1v) is 25.5. The summed E-state index contributed by atoms with van der Waals surface area (Å²) in [6.07, 6.45) is 56.3. The molecule has 0 aromatic carbocycles. The van der Waals surface area contributed by atoms with Gasteiger partial charge in [-0.3, -0.25) is 14.4 Å². The predicted molar refractivity (Wildman–Crippen MR) is 252 cm³/mol. The van der Waals surface area contributed by atoms with Gasteiger partial charge in [0.25, 0.3) is 0 Å². The first kappa shape index (κ1) is 56.6. The molecule has 1 unspecified atom stereocenters. The molecule has 0 aliphatic heterocycles. The van der Waals surface area contributed by atoms with Crippen molar-refractivity contribution in [2.75, 3.05) is 13.2 Å². The van der Waals surface area contributed by atoms with Gasteiger partial charge in [-0.2, -0.15) is 0 Å². The molecule has 0 saturated heterocycles. The van der Waals surface area contributed by atoms with Gasteiger partial charge >= 0.3 is 17.9 Å². The standard InChI is InChI=1S/C53H96O6/c1-4-7-10-13-15-16-17-18-19-20-21-22-23-24-25-26-27-28-29-30-31-32-33-34-35-36-38-40-43-46-52(55)58-49-50(48-57-51(54)45-42-39-12-9-6-3)59-53(56)47-44-41-37-14-11-8-5-2/h17-18,20-21,23-24,50H,4-16,19,22,25-49H2,1-3H3/b18-17-,21-20-,24-23-. The molecule has 0 rings (SSSR count). The molecule has 344 valence electrons. The number of allylic oxidation sites excluding steroid dienone is 6. The Morgan fingerprint density at radius 1 is 0.339 bits per heavy atom. The van der Waals surface area contributed by atoms with E-state index in [0.29, 0.717) is 19.3 Å². The van der Waals surface area contributed by atoms with Gasteiger partial charge in [0, 0.05) is 19.3 Å². The van der Waals surface area contributed by atoms with Gasteiger partial charge < -0.3 is 14.2 Å². The van der Waals surface area contributed by atoms with Crippen LogP contribution in [-0.2, 0) is 28.6 Å². The van der Waals surface area contributed by atoms with Crippen molar-refractivity contribution in [1.82, 2.24) is 0 Å². The van der Waals surface area contributed by atoms with Crippen molar-refractivity contribution in [3.63, 3.8) is 0 Å². The molecule has 0 bridgehead atoms. The van der Waals surface area contributed by atoms with Crippen LogP contribution >= 0.6 is 0 Å². The molecule has 0 aliphatic carbocycles. The Balaban J connectivity index is 3.87. The molecule has 0 radical (unpaired) electrons. The molecule has 0 aromatic rings. The van der Waals surface area contributed by atoms with Gasteiger partial charge in [-0.05, 0) is 57.8 Å². The van der Waals surface area contributed by atoms with Crippen LogP contribution in [0.2, 0.25) is 0 Å². The quantitative estimate of drug-likeness (QED) is 0.0263. The van der Waals surface area contributed by atoms with Crippen LogP contribution in [-0.4, -0.2) is 37.2 Å². The zero-order valence-electron chi connectivity index (χ0n) is 39.3. The number of carbonyl (C=O) groups excluding carboxylic acids is 3. The lowest BCUT2D eigenvalue weighted by Gasteiger charge is -2.18. The van der Waals surface area contributed by atoms with Crippen LogP contribution in [0.1, 0.15) is 265 Å². The molecule has 0 amide bonds. The van der Waals surface area contributed by atoms with E-state index in [1.54, 1.807) is 0 Å². The first-order chi connectivity index (χ1) is 29.0. The average molecular weight is 829 g/mol. The maximum atomic E-state index is 12.6. The third-order valence-corrected chi connectivity index (χ3v) is 11.1. The second-order valence-corrected chi connectivity index (χ2v) is 17.1. The summed E-state index contributed by atoms with van der Waals surface area (Å²) >= 11 is 0. The minimum absolute atomic E-state index is 0.0702. The minimum atomic E-state index is -0.761. The van der Waals surface area contributed by atoms with Crippen molar-refractivity contribution >= 4 is 17.9 Å². The van der Waals surface area contributed by atoms with Gasteiger partial charge in [0.2, 0.25) is 0 Å². The molecule has 0 fully saturated rings. The van der Waals surface area contributed by atoms with E-state index in [-0.39, 0.29) is 31.1 Å². The smallest absolute Gasteiger partial charge is 0.306 e. The van der Waals surface area contributed by atoms with E-state index in [1.807, 2.05) is 0 Å². The molecular formula is C53H96O6. The number of rotatable bonds is 46. The molecule has 0 aliphatic rings. The second kappa shape index (κ2) is 48.3. The summed E-state index contributed by atoms with van der Waals surface area (Å²) in [7, 11) is 0. The lowest BCUT2D eigenvalue weighted by atomic mass is 10.0. The van der Waals surface area contributed by atoms with Crippen molar-refractivity contribution in [3.05, 3.63) is 36.5 Å². The molecule has 59 heavy (non-hydrogen) atoms. The molecule has 0 spiro atoms. The fraction of sp³-hybridized carbons (Fsp3) is 0.830. The van der Waals surface area contributed by atoms with E-state index in [1.165, 1.54) is 148 Å². The Labute approximate surface area is 365 Å². The fourth-order valence-corrected chi connectivity index (χ4v) is 7.27. The van der Waals surface area contributed by atoms with E-state index < -0.39 is 6.10 Å². The fourth-order valence-electron chi connectivity index (χ4n) is 7.27. The van der Waals surface area contributed by atoms with Crippen molar-refractivity contribution in [3.8, 4) is 0 Å². The highest BCUT2D eigenvalue weighted by Gasteiger charge is 2.19. The van der Waals surface area contributed by atoms with E-state index in [9.17, 15) is 14.4 Å². The topological polar surface area (TPSA) is 78.9 Å².